The highest BCUT2D eigenvalue weighted by molar-refractivity contribution is 6.23. The first-order chi connectivity index (χ1) is 46.2. The molecule has 0 bridgehead atoms. The summed E-state index contributed by atoms with van der Waals surface area (Å²) in [5, 5.41) is 18.0. The third-order valence-corrected chi connectivity index (χ3v) is 21.0. The summed E-state index contributed by atoms with van der Waals surface area (Å²) >= 11 is 0. The lowest BCUT2D eigenvalue weighted by atomic mass is 9.78. The minimum atomic E-state index is -0.123. The molecule has 17 aromatic rings. The van der Waals surface area contributed by atoms with Gasteiger partial charge in [-0.1, -0.05) is 337 Å². The Kier molecular flexibility index (Phi) is 12.7. The van der Waals surface area contributed by atoms with Crippen molar-refractivity contribution in [1.82, 2.24) is 0 Å². The van der Waals surface area contributed by atoms with Crippen LogP contribution >= 0.6 is 0 Å². The predicted molar refractivity (Wildman–Crippen MR) is 403 cm³/mol. The summed E-state index contributed by atoms with van der Waals surface area (Å²) in [4.78, 5) is 0. The Morgan fingerprint density at radius 3 is 0.872 bits per heavy atom. The second-order valence-electron chi connectivity index (χ2n) is 26.9. The summed E-state index contributed by atoms with van der Waals surface area (Å²) in [5.74, 6) is 0. The predicted octanol–water partition coefficient (Wildman–Crippen LogP) is 26.1. The Morgan fingerprint density at radius 1 is 0.170 bits per heavy atom. The zero-order chi connectivity index (χ0) is 62.8. The molecule has 0 heterocycles. The van der Waals surface area contributed by atoms with E-state index in [-0.39, 0.29) is 10.8 Å². The first kappa shape index (κ1) is 55.4. The van der Waals surface area contributed by atoms with E-state index in [0.29, 0.717) is 0 Å². The normalized spacial score (nSPS) is 13.3. The standard InChI is InChI=1S/C49H34.C45H32/c1-49(2)44-28-27-32-14-5-6-18-37(32)47(44)43-24-12-23-38(48(43)49)34-16-11-17-35(30-34)45-39-19-7-9-21-41(39)46(42-22-10-8-20-40(42)45)36-26-25-31-13-3-4-15-33(31)29-36;1-45(2)40-27-26-29-14-6-7-19-33(29)43(40)39-25-13-24-34(44(39)45)31-17-12-18-32(28-31)42-37-22-10-8-20-35(37)41(30-15-4-3-5-16-30)36-21-9-11-23-38(36)42/h3-30H,1-2H3;3-28H,1-2H3. The second kappa shape index (κ2) is 21.6. The van der Waals surface area contributed by atoms with Crippen LogP contribution in [0.5, 0.6) is 0 Å². The van der Waals surface area contributed by atoms with Gasteiger partial charge in [0.1, 0.15) is 0 Å². The highest BCUT2D eigenvalue weighted by Gasteiger charge is 2.40. The molecule has 0 aromatic heterocycles. The van der Waals surface area contributed by atoms with Crippen molar-refractivity contribution in [1.29, 1.82) is 0 Å². The van der Waals surface area contributed by atoms with E-state index in [1.54, 1.807) is 0 Å². The van der Waals surface area contributed by atoms with Gasteiger partial charge in [0.15, 0.2) is 0 Å². The molecule has 0 aliphatic heterocycles. The van der Waals surface area contributed by atoms with Gasteiger partial charge >= 0.3 is 0 Å². The number of benzene rings is 17. The zero-order valence-corrected chi connectivity index (χ0v) is 53.2. The Bertz CT molecular complexity index is 5860. The van der Waals surface area contributed by atoms with E-state index >= 15 is 0 Å². The van der Waals surface area contributed by atoms with Gasteiger partial charge in [0.25, 0.3) is 0 Å². The van der Waals surface area contributed by atoms with Crippen LogP contribution < -0.4 is 0 Å². The molecular weight excluding hydrogens is 1130 g/mol. The number of fused-ring (bicyclic) bond motifs is 15. The van der Waals surface area contributed by atoms with Gasteiger partial charge in [0, 0.05) is 10.8 Å². The Balaban J connectivity index is 0.000000138. The van der Waals surface area contributed by atoms with Gasteiger partial charge in [-0.2, -0.15) is 0 Å². The van der Waals surface area contributed by atoms with Crippen molar-refractivity contribution < 1.29 is 0 Å². The molecule has 0 saturated carbocycles. The van der Waals surface area contributed by atoms with Crippen molar-refractivity contribution >= 4 is 75.4 Å². The number of hydrogen-bond donors (Lipinski definition) is 0. The first-order valence-corrected chi connectivity index (χ1v) is 33.1. The third kappa shape index (κ3) is 8.53. The van der Waals surface area contributed by atoms with Gasteiger partial charge in [-0.15, -0.1) is 0 Å². The average Bonchev–Trinajstić information content (AvgIpc) is 1.49. The van der Waals surface area contributed by atoms with Crippen LogP contribution in [0.2, 0.25) is 0 Å². The molecule has 2 aliphatic carbocycles. The smallest absolute Gasteiger partial charge is 0.0165 e. The summed E-state index contributed by atoms with van der Waals surface area (Å²) in [6.45, 7) is 9.57. The molecular formula is C94H66. The molecule has 0 fully saturated rings. The van der Waals surface area contributed by atoms with Crippen LogP contribution in [0.4, 0.5) is 0 Å². The molecule has 0 amide bonds. The molecule has 2 aliphatic rings. The molecule has 0 saturated heterocycles. The van der Waals surface area contributed by atoms with E-state index in [9.17, 15) is 0 Å². The van der Waals surface area contributed by atoms with Crippen molar-refractivity contribution in [2.24, 2.45) is 0 Å². The molecule has 0 spiro atoms. The molecule has 0 unspecified atom stereocenters. The molecule has 0 N–H and O–H groups in total. The fraction of sp³-hybridized carbons (Fsp3) is 0.0638. The van der Waals surface area contributed by atoms with Crippen molar-refractivity contribution in [3.05, 3.63) is 350 Å². The van der Waals surface area contributed by atoms with Gasteiger partial charge < -0.3 is 0 Å². The van der Waals surface area contributed by atoms with Crippen molar-refractivity contribution in [2.75, 3.05) is 0 Å². The summed E-state index contributed by atoms with van der Waals surface area (Å²) in [6.07, 6.45) is 0. The fourth-order valence-corrected chi connectivity index (χ4v) is 16.9. The topological polar surface area (TPSA) is 0 Å². The van der Waals surface area contributed by atoms with Crippen LogP contribution in [0, 0.1) is 0 Å². The van der Waals surface area contributed by atoms with Crippen molar-refractivity contribution in [3.8, 4) is 89.0 Å². The largest absolute Gasteiger partial charge is 0.0622 e. The lowest BCUT2D eigenvalue weighted by Gasteiger charge is -2.25. The minimum absolute atomic E-state index is 0.113. The maximum Gasteiger partial charge on any atom is 0.0165 e. The summed E-state index contributed by atoms with van der Waals surface area (Å²) < 4.78 is 0. The lowest BCUT2D eigenvalue weighted by molar-refractivity contribution is 0.662. The quantitative estimate of drug-likeness (QED) is 0.146. The highest BCUT2D eigenvalue weighted by Crippen LogP contribution is 2.57. The van der Waals surface area contributed by atoms with E-state index in [4.69, 9.17) is 0 Å². The molecule has 0 atom stereocenters. The first-order valence-electron chi connectivity index (χ1n) is 33.1. The fourth-order valence-electron chi connectivity index (χ4n) is 16.9. The minimum Gasteiger partial charge on any atom is -0.0622 e. The summed E-state index contributed by atoms with van der Waals surface area (Å²) in [5.41, 5.74) is 26.2. The molecule has 17 aromatic carbocycles. The second-order valence-corrected chi connectivity index (χ2v) is 26.9. The van der Waals surface area contributed by atoms with E-state index in [1.165, 1.54) is 187 Å². The monoisotopic (exact) mass is 1190 g/mol. The highest BCUT2D eigenvalue weighted by atomic mass is 14.4. The molecule has 442 valence electrons. The summed E-state index contributed by atoms with van der Waals surface area (Å²) in [6, 6.07) is 121. The van der Waals surface area contributed by atoms with Crippen LogP contribution in [0.1, 0.15) is 49.9 Å². The van der Waals surface area contributed by atoms with Gasteiger partial charge in [-0.25, -0.2) is 0 Å². The van der Waals surface area contributed by atoms with Gasteiger partial charge in [-0.05, 0) is 205 Å². The number of hydrogen-bond acceptors (Lipinski definition) is 0. The molecule has 0 heteroatoms. The Labute approximate surface area is 549 Å². The van der Waals surface area contributed by atoms with E-state index < -0.39 is 0 Å². The van der Waals surface area contributed by atoms with Gasteiger partial charge in [0.2, 0.25) is 0 Å². The van der Waals surface area contributed by atoms with Crippen LogP contribution in [0.15, 0.2) is 328 Å². The lowest BCUT2D eigenvalue weighted by Crippen LogP contribution is -2.16. The van der Waals surface area contributed by atoms with Crippen LogP contribution in [0.25, 0.3) is 164 Å². The summed E-state index contributed by atoms with van der Waals surface area (Å²) in [7, 11) is 0. The Hall–Kier alpha value is -11.4. The van der Waals surface area contributed by atoms with Gasteiger partial charge in [-0.3, -0.25) is 0 Å². The molecule has 0 nitrogen and oxygen atoms in total. The zero-order valence-electron chi connectivity index (χ0n) is 53.2. The van der Waals surface area contributed by atoms with Crippen LogP contribution in [-0.4, -0.2) is 0 Å². The van der Waals surface area contributed by atoms with E-state index in [0.717, 1.165) is 0 Å². The Morgan fingerprint density at radius 2 is 0.457 bits per heavy atom. The molecule has 94 heavy (non-hydrogen) atoms. The van der Waals surface area contributed by atoms with Gasteiger partial charge in [0.05, 0.1) is 0 Å². The van der Waals surface area contributed by atoms with Crippen molar-refractivity contribution in [2.45, 2.75) is 38.5 Å². The van der Waals surface area contributed by atoms with Crippen LogP contribution in [-0.2, 0) is 10.8 Å². The van der Waals surface area contributed by atoms with Crippen LogP contribution in [0.3, 0.4) is 0 Å². The average molecular weight is 1200 g/mol. The van der Waals surface area contributed by atoms with E-state index in [1.807, 2.05) is 0 Å². The third-order valence-electron chi connectivity index (χ3n) is 21.0. The number of rotatable bonds is 6. The maximum absolute atomic E-state index is 2.43. The maximum atomic E-state index is 2.43. The molecule has 19 rings (SSSR count). The van der Waals surface area contributed by atoms with E-state index in [2.05, 4.69) is 355 Å². The SMILES string of the molecule is CC1(C)c2ccc3ccccc3c2-c2cccc(-c3cccc(-c4c5ccccc5c(-c5ccc6ccccc6c5)c5ccccc45)c3)c21.CC1(C)c2ccc3ccccc3c2-c2cccc(-c3cccc(-c4c5ccccc5c(-c5ccccc5)c5ccccc45)c3)c21. The van der Waals surface area contributed by atoms with Crippen molar-refractivity contribution in [3.63, 3.8) is 0 Å². The molecule has 0 radical (unpaired) electrons.